The maximum atomic E-state index is 11.8. The van der Waals surface area contributed by atoms with Gasteiger partial charge in [0.15, 0.2) is 0 Å². The standard InChI is InChI=1S/C15H13BrN2O/c1-11-13(8-9-14(16)17-11)18-15(19)10-7-12-5-3-2-4-6-12/h2-10H,1H3,(H,18,19)/b10-7+. The van der Waals surface area contributed by atoms with E-state index in [4.69, 9.17) is 0 Å². The van der Waals surface area contributed by atoms with Crippen molar-refractivity contribution in [2.75, 3.05) is 5.32 Å². The highest BCUT2D eigenvalue weighted by atomic mass is 79.9. The molecule has 96 valence electrons. The monoisotopic (exact) mass is 316 g/mol. The van der Waals surface area contributed by atoms with Crippen LogP contribution in [0.2, 0.25) is 0 Å². The molecule has 1 amide bonds. The number of carbonyl (C=O) groups is 1. The van der Waals surface area contributed by atoms with E-state index in [2.05, 4.69) is 26.2 Å². The van der Waals surface area contributed by atoms with Gasteiger partial charge in [-0.2, -0.15) is 0 Å². The van der Waals surface area contributed by atoms with Gasteiger partial charge in [0.25, 0.3) is 0 Å². The first-order chi connectivity index (χ1) is 9.15. The Balaban J connectivity index is 2.04. The van der Waals surface area contributed by atoms with Gasteiger partial charge < -0.3 is 5.32 Å². The number of aryl methyl sites for hydroxylation is 1. The molecule has 0 saturated heterocycles. The number of aromatic nitrogens is 1. The smallest absolute Gasteiger partial charge is 0.248 e. The number of anilines is 1. The second-order valence-corrected chi connectivity index (χ2v) is 4.81. The van der Waals surface area contributed by atoms with Crippen LogP contribution in [-0.2, 0) is 4.79 Å². The highest BCUT2D eigenvalue weighted by molar-refractivity contribution is 9.10. The molecule has 19 heavy (non-hydrogen) atoms. The van der Waals surface area contributed by atoms with Crippen LogP contribution in [0.15, 0.2) is 53.1 Å². The van der Waals surface area contributed by atoms with Gasteiger partial charge in [-0.1, -0.05) is 30.3 Å². The number of hydrogen-bond donors (Lipinski definition) is 1. The van der Waals surface area contributed by atoms with E-state index in [1.807, 2.05) is 43.3 Å². The lowest BCUT2D eigenvalue weighted by molar-refractivity contribution is -0.111. The van der Waals surface area contributed by atoms with Crippen molar-refractivity contribution in [2.45, 2.75) is 6.92 Å². The fraction of sp³-hybridized carbons (Fsp3) is 0.0667. The fourth-order valence-electron chi connectivity index (χ4n) is 1.57. The van der Waals surface area contributed by atoms with E-state index < -0.39 is 0 Å². The molecule has 0 aliphatic rings. The van der Waals surface area contributed by atoms with E-state index in [1.54, 1.807) is 12.1 Å². The fourth-order valence-corrected chi connectivity index (χ4v) is 1.97. The van der Waals surface area contributed by atoms with Gasteiger partial charge >= 0.3 is 0 Å². The highest BCUT2D eigenvalue weighted by Crippen LogP contribution is 2.16. The zero-order valence-electron chi connectivity index (χ0n) is 10.4. The van der Waals surface area contributed by atoms with Crippen LogP contribution >= 0.6 is 15.9 Å². The summed E-state index contributed by atoms with van der Waals surface area (Å²) in [5.41, 5.74) is 2.48. The van der Waals surface area contributed by atoms with Crippen LogP contribution in [0.1, 0.15) is 11.3 Å². The molecule has 0 saturated carbocycles. The molecular formula is C15H13BrN2O. The molecule has 0 atom stereocenters. The number of nitrogens with zero attached hydrogens (tertiary/aromatic N) is 1. The van der Waals surface area contributed by atoms with Crippen LogP contribution in [0.3, 0.4) is 0 Å². The van der Waals surface area contributed by atoms with E-state index in [1.165, 1.54) is 6.08 Å². The molecule has 0 unspecified atom stereocenters. The average Bonchev–Trinajstić information content (AvgIpc) is 2.41. The van der Waals surface area contributed by atoms with Crippen LogP contribution in [0, 0.1) is 6.92 Å². The number of amides is 1. The summed E-state index contributed by atoms with van der Waals surface area (Å²) >= 11 is 3.29. The second-order valence-electron chi connectivity index (χ2n) is 4.00. The number of pyridine rings is 1. The topological polar surface area (TPSA) is 42.0 Å². The molecule has 4 heteroatoms. The third kappa shape index (κ3) is 4.03. The molecule has 0 aliphatic carbocycles. The van der Waals surface area contributed by atoms with E-state index >= 15 is 0 Å². The molecule has 2 rings (SSSR count). The predicted molar refractivity (Wildman–Crippen MR) is 80.8 cm³/mol. The first-order valence-corrected chi connectivity index (χ1v) is 6.62. The third-order valence-electron chi connectivity index (χ3n) is 2.54. The van der Waals surface area contributed by atoms with Gasteiger partial charge in [0.05, 0.1) is 11.4 Å². The maximum absolute atomic E-state index is 11.8. The van der Waals surface area contributed by atoms with Gasteiger partial charge in [-0.05, 0) is 46.6 Å². The Morgan fingerprint density at radius 1 is 1.21 bits per heavy atom. The van der Waals surface area contributed by atoms with Gasteiger partial charge in [0, 0.05) is 6.08 Å². The first kappa shape index (κ1) is 13.5. The lowest BCUT2D eigenvalue weighted by Gasteiger charge is -2.05. The molecule has 3 nitrogen and oxygen atoms in total. The van der Waals surface area contributed by atoms with Crippen LogP contribution in [-0.4, -0.2) is 10.9 Å². The van der Waals surface area contributed by atoms with Crippen LogP contribution in [0.5, 0.6) is 0 Å². The van der Waals surface area contributed by atoms with Crippen molar-refractivity contribution in [1.29, 1.82) is 0 Å². The summed E-state index contributed by atoms with van der Waals surface area (Å²) in [4.78, 5) is 16.0. The Hall–Kier alpha value is -1.94. The average molecular weight is 317 g/mol. The van der Waals surface area contributed by atoms with Crippen molar-refractivity contribution in [3.63, 3.8) is 0 Å². The van der Waals surface area contributed by atoms with Crippen molar-refractivity contribution < 1.29 is 4.79 Å². The van der Waals surface area contributed by atoms with Crippen LogP contribution < -0.4 is 5.32 Å². The summed E-state index contributed by atoms with van der Waals surface area (Å²) in [5, 5.41) is 2.80. The summed E-state index contributed by atoms with van der Waals surface area (Å²) in [6, 6.07) is 13.3. The summed E-state index contributed by atoms with van der Waals surface area (Å²) in [6.07, 6.45) is 3.29. The van der Waals surface area contributed by atoms with Crippen LogP contribution in [0.4, 0.5) is 5.69 Å². The Labute approximate surface area is 120 Å². The summed E-state index contributed by atoms with van der Waals surface area (Å²) in [5.74, 6) is -0.170. The Morgan fingerprint density at radius 2 is 1.95 bits per heavy atom. The number of rotatable bonds is 3. The first-order valence-electron chi connectivity index (χ1n) is 5.82. The van der Waals surface area contributed by atoms with Gasteiger partial charge in [-0.25, -0.2) is 4.98 Å². The molecule has 0 fully saturated rings. The Morgan fingerprint density at radius 3 is 2.63 bits per heavy atom. The van der Waals surface area contributed by atoms with Crippen LogP contribution in [0.25, 0.3) is 6.08 Å². The van der Waals surface area contributed by atoms with Crippen molar-refractivity contribution in [2.24, 2.45) is 0 Å². The number of nitrogens with one attached hydrogen (secondary N) is 1. The summed E-state index contributed by atoms with van der Waals surface area (Å²) in [7, 11) is 0. The Bertz CT molecular complexity index is 609. The van der Waals surface area contributed by atoms with Crippen molar-refractivity contribution in [3.8, 4) is 0 Å². The lowest BCUT2D eigenvalue weighted by atomic mass is 10.2. The summed E-state index contributed by atoms with van der Waals surface area (Å²) < 4.78 is 0.753. The maximum Gasteiger partial charge on any atom is 0.248 e. The minimum atomic E-state index is -0.170. The molecule has 1 aromatic carbocycles. The molecule has 1 N–H and O–H groups in total. The normalized spacial score (nSPS) is 10.6. The van der Waals surface area contributed by atoms with Crippen molar-refractivity contribution >= 4 is 33.6 Å². The molecule has 0 radical (unpaired) electrons. The zero-order valence-corrected chi connectivity index (χ0v) is 12.0. The molecule has 0 spiro atoms. The summed E-state index contributed by atoms with van der Waals surface area (Å²) in [6.45, 7) is 1.85. The van der Waals surface area contributed by atoms with Gasteiger partial charge in [-0.15, -0.1) is 0 Å². The van der Waals surface area contributed by atoms with E-state index in [9.17, 15) is 4.79 Å². The SMILES string of the molecule is Cc1nc(Br)ccc1NC(=O)/C=C/c1ccccc1. The largest absolute Gasteiger partial charge is 0.321 e. The predicted octanol–water partition coefficient (Wildman–Crippen LogP) is 3.80. The van der Waals surface area contributed by atoms with E-state index in [0.717, 1.165) is 15.9 Å². The Kier molecular flexibility index (Phi) is 4.47. The highest BCUT2D eigenvalue weighted by Gasteiger charge is 2.02. The molecular weight excluding hydrogens is 304 g/mol. The zero-order chi connectivity index (χ0) is 13.7. The minimum Gasteiger partial charge on any atom is -0.321 e. The van der Waals surface area contributed by atoms with Gasteiger partial charge in [-0.3, -0.25) is 4.79 Å². The van der Waals surface area contributed by atoms with Gasteiger partial charge in [0.1, 0.15) is 4.60 Å². The number of hydrogen-bond acceptors (Lipinski definition) is 2. The second kappa shape index (κ2) is 6.29. The molecule has 1 aromatic heterocycles. The molecule has 0 aliphatic heterocycles. The number of benzene rings is 1. The molecule has 0 bridgehead atoms. The third-order valence-corrected chi connectivity index (χ3v) is 2.98. The minimum absolute atomic E-state index is 0.170. The van der Waals surface area contributed by atoms with E-state index in [0.29, 0.717) is 5.69 Å². The number of carbonyl (C=O) groups excluding carboxylic acids is 1. The number of halogens is 1. The van der Waals surface area contributed by atoms with E-state index in [-0.39, 0.29) is 5.91 Å². The molecule has 2 aromatic rings. The van der Waals surface area contributed by atoms with Gasteiger partial charge in [0.2, 0.25) is 5.91 Å². The molecule has 1 heterocycles. The quantitative estimate of drug-likeness (QED) is 0.691. The van der Waals surface area contributed by atoms with Crippen molar-refractivity contribution in [3.05, 3.63) is 64.4 Å². The van der Waals surface area contributed by atoms with Crippen molar-refractivity contribution in [1.82, 2.24) is 4.98 Å². The lowest BCUT2D eigenvalue weighted by Crippen LogP contribution is -2.09.